The zero-order valence-corrected chi connectivity index (χ0v) is 18.9. The number of carbonyl (C=O) groups excluding carboxylic acids is 1. The number of nitrogens with one attached hydrogen (secondary N) is 2. The van der Waals surface area contributed by atoms with Gasteiger partial charge in [-0.1, -0.05) is 44.2 Å². The fourth-order valence-electron chi connectivity index (χ4n) is 2.85. The minimum absolute atomic E-state index is 0. The van der Waals surface area contributed by atoms with Crippen LogP contribution in [0, 0.1) is 5.92 Å². The van der Waals surface area contributed by atoms with Crippen molar-refractivity contribution >= 4 is 35.8 Å². The molecule has 6 nitrogen and oxygen atoms in total. The van der Waals surface area contributed by atoms with Gasteiger partial charge in [0.1, 0.15) is 0 Å². The van der Waals surface area contributed by atoms with Crippen molar-refractivity contribution in [3.63, 3.8) is 0 Å². The van der Waals surface area contributed by atoms with Crippen LogP contribution in [-0.2, 0) is 9.53 Å². The van der Waals surface area contributed by atoms with Crippen molar-refractivity contribution in [3.05, 3.63) is 35.9 Å². The standard InChI is InChI=1S/C20H32N4O2.HI/c1-4-21-20(22-14-16(2)3)23-15-18(17-8-6-5-7-9-17)19(25)24-10-12-26-13-11-24;/h5-9,16,18H,4,10-15H2,1-3H3,(H2,21,22,23);1H. The van der Waals surface area contributed by atoms with Gasteiger partial charge in [0.05, 0.1) is 19.1 Å². The average molecular weight is 488 g/mol. The molecular weight excluding hydrogens is 455 g/mol. The van der Waals surface area contributed by atoms with E-state index in [9.17, 15) is 4.79 Å². The van der Waals surface area contributed by atoms with Gasteiger partial charge in [-0.3, -0.25) is 9.79 Å². The molecule has 1 atom stereocenters. The molecule has 1 aliphatic heterocycles. The molecule has 1 aromatic carbocycles. The first-order valence-electron chi connectivity index (χ1n) is 9.55. The van der Waals surface area contributed by atoms with E-state index in [0.717, 1.165) is 24.6 Å². The van der Waals surface area contributed by atoms with Crippen LogP contribution in [0.25, 0.3) is 0 Å². The summed E-state index contributed by atoms with van der Waals surface area (Å²) < 4.78 is 5.38. The molecule has 0 radical (unpaired) electrons. The van der Waals surface area contributed by atoms with Crippen molar-refractivity contribution in [2.75, 3.05) is 45.9 Å². The van der Waals surface area contributed by atoms with Gasteiger partial charge >= 0.3 is 0 Å². The largest absolute Gasteiger partial charge is 0.378 e. The molecule has 2 rings (SSSR count). The number of rotatable bonds is 7. The summed E-state index contributed by atoms with van der Waals surface area (Å²) in [5.41, 5.74) is 1.02. The smallest absolute Gasteiger partial charge is 0.232 e. The second-order valence-corrected chi connectivity index (χ2v) is 6.90. The number of guanidine groups is 1. The van der Waals surface area contributed by atoms with Gasteiger partial charge in [-0.05, 0) is 18.4 Å². The minimum Gasteiger partial charge on any atom is -0.378 e. The lowest BCUT2D eigenvalue weighted by Crippen LogP contribution is -2.47. The molecule has 0 bridgehead atoms. The van der Waals surface area contributed by atoms with Crippen molar-refractivity contribution in [3.8, 4) is 0 Å². The summed E-state index contributed by atoms with van der Waals surface area (Å²) in [6.07, 6.45) is 0. The number of carbonyl (C=O) groups is 1. The van der Waals surface area contributed by atoms with E-state index in [4.69, 9.17) is 4.74 Å². The van der Waals surface area contributed by atoms with E-state index in [0.29, 0.717) is 38.8 Å². The van der Waals surface area contributed by atoms with Gasteiger partial charge in [-0.25, -0.2) is 0 Å². The van der Waals surface area contributed by atoms with E-state index in [2.05, 4.69) is 29.5 Å². The number of morpholine rings is 1. The summed E-state index contributed by atoms with van der Waals surface area (Å²) in [6.45, 7) is 10.9. The molecule has 2 N–H and O–H groups in total. The third-order valence-corrected chi connectivity index (χ3v) is 4.26. The van der Waals surface area contributed by atoms with Crippen LogP contribution < -0.4 is 10.6 Å². The first kappa shape index (κ1) is 23.7. The van der Waals surface area contributed by atoms with Gasteiger partial charge in [0.2, 0.25) is 5.91 Å². The molecule has 0 aliphatic carbocycles. The predicted octanol–water partition coefficient (Wildman–Crippen LogP) is 2.46. The molecule has 7 heteroatoms. The number of ether oxygens (including phenoxy) is 1. The van der Waals surface area contributed by atoms with Crippen LogP contribution in [0.15, 0.2) is 35.3 Å². The molecule has 1 unspecified atom stereocenters. The topological polar surface area (TPSA) is 66.0 Å². The third kappa shape index (κ3) is 8.04. The van der Waals surface area contributed by atoms with Gasteiger partial charge in [0.25, 0.3) is 0 Å². The molecule has 27 heavy (non-hydrogen) atoms. The highest BCUT2D eigenvalue weighted by molar-refractivity contribution is 14.0. The molecule has 1 aliphatic rings. The molecule has 1 fully saturated rings. The zero-order chi connectivity index (χ0) is 18.8. The van der Waals surface area contributed by atoms with Gasteiger partial charge in [0, 0.05) is 32.7 Å². The summed E-state index contributed by atoms with van der Waals surface area (Å²) >= 11 is 0. The molecule has 1 amide bonds. The number of hydrogen-bond acceptors (Lipinski definition) is 3. The molecule has 152 valence electrons. The van der Waals surface area contributed by atoms with Crippen LogP contribution in [-0.4, -0.2) is 62.7 Å². The first-order valence-corrected chi connectivity index (χ1v) is 9.55. The van der Waals surface area contributed by atoms with E-state index in [1.165, 1.54) is 0 Å². The molecule has 1 aromatic rings. The minimum atomic E-state index is -0.239. The van der Waals surface area contributed by atoms with E-state index >= 15 is 0 Å². The molecule has 1 heterocycles. The third-order valence-electron chi connectivity index (χ3n) is 4.26. The quantitative estimate of drug-likeness (QED) is 0.352. The Morgan fingerprint density at radius 3 is 2.44 bits per heavy atom. The van der Waals surface area contributed by atoms with Crippen molar-refractivity contribution in [1.82, 2.24) is 15.5 Å². The van der Waals surface area contributed by atoms with E-state index in [1.54, 1.807) is 0 Å². The zero-order valence-electron chi connectivity index (χ0n) is 16.6. The highest BCUT2D eigenvalue weighted by Gasteiger charge is 2.27. The summed E-state index contributed by atoms with van der Waals surface area (Å²) in [7, 11) is 0. The highest BCUT2D eigenvalue weighted by atomic mass is 127. The predicted molar refractivity (Wildman–Crippen MR) is 121 cm³/mol. The lowest BCUT2D eigenvalue weighted by atomic mass is 9.97. The SMILES string of the molecule is CCNC(=NCC(C)C)NCC(C(=O)N1CCOCC1)c1ccccc1.I. The summed E-state index contributed by atoms with van der Waals surface area (Å²) in [4.78, 5) is 19.6. The van der Waals surface area contributed by atoms with Crippen molar-refractivity contribution in [2.45, 2.75) is 26.7 Å². The van der Waals surface area contributed by atoms with Crippen LogP contribution in [0.3, 0.4) is 0 Å². The number of hydrogen-bond donors (Lipinski definition) is 2. The number of aliphatic imine (C=N–C) groups is 1. The highest BCUT2D eigenvalue weighted by Crippen LogP contribution is 2.18. The Labute approximate surface area is 180 Å². The molecule has 1 saturated heterocycles. The van der Waals surface area contributed by atoms with Gasteiger partial charge < -0.3 is 20.3 Å². The fraction of sp³-hybridized carbons (Fsp3) is 0.600. The Morgan fingerprint density at radius 1 is 1.19 bits per heavy atom. The lowest BCUT2D eigenvalue weighted by molar-refractivity contribution is -0.136. The average Bonchev–Trinajstić information content (AvgIpc) is 2.67. The number of amides is 1. The maximum Gasteiger partial charge on any atom is 0.232 e. The summed E-state index contributed by atoms with van der Waals surface area (Å²) in [5, 5.41) is 6.61. The number of nitrogens with zero attached hydrogens (tertiary/aromatic N) is 2. The fourth-order valence-corrected chi connectivity index (χ4v) is 2.85. The van der Waals surface area contributed by atoms with Crippen LogP contribution in [0.4, 0.5) is 0 Å². The Morgan fingerprint density at radius 2 is 1.85 bits per heavy atom. The van der Waals surface area contributed by atoms with Gasteiger partial charge in [-0.2, -0.15) is 0 Å². The molecular formula is C20H33IN4O2. The maximum atomic E-state index is 13.1. The Bertz CT molecular complexity index is 575. The second kappa shape index (κ2) is 12.9. The molecule has 0 aromatic heterocycles. The van der Waals surface area contributed by atoms with Crippen LogP contribution in [0.1, 0.15) is 32.3 Å². The lowest BCUT2D eigenvalue weighted by Gasteiger charge is -2.31. The Hall–Kier alpha value is -1.35. The van der Waals surface area contributed by atoms with E-state index in [1.807, 2.05) is 42.2 Å². The Kier molecular flexibility index (Phi) is 11.3. The van der Waals surface area contributed by atoms with Crippen molar-refractivity contribution in [2.24, 2.45) is 10.9 Å². The Balaban J connectivity index is 0.00000364. The first-order chi connectivity index (χ1) is 12.6. The molecule has 0 spiro atoms. The molecule has 0 saturated carbocycles. The normalized spacial score (nSPS) is 15.9. The summed E-state index contributed by atoms with van der Waals surface area (Å²) in [6, 6.07) is 9.97. The maximum absolute atomic E-state index is 13.1. The van der Waals surface area contributed by atoms with Gasteiger partial charge in [-0.15, -0.1) is 24.0 Å². The van der Waals surface area contributed by atoms with Gasteiger partial charge in [0.15, 0.2) is 5.96 Å². The monoisotopic (exact) mass is 488 g/mol. The van der Waals surface area contributed by atoms with Crippen LogP contribution in [0.5, 0.6) is 0 Å². The van der Waals surface area contributed by atoms with E-state index in [-0.39, 0.29) is 35.8 Å². The number of benzene rings is 1. The van der Waals surface area contributed by atoms with Crippen molar-refractivity contribution < 1.29 is 9.53 Å². The second-order valence-electron chi connectivity index (χ2n) is 6.90. The van der Waals surface area contributed by atoms with E-state index < -0.39 is 0 Å². The van der Waals surface area contributed by atoms with Crippen molar-refractivity contribution in [1.29, 1.82) is 0 Å². The van der Waals surface area contributed by atoms with Crippen LogP contribution >= 0.6 is 24.0 Å². The van der Waals surface area contributed by atoms with Crippen LogP contribution in [0.2, 0.25) is 0 Å². The number of halogens is 1. The summed E-state index contributed by atoms with van der Waals surface area (Å²) in [5.74, 6) is 1.16.